The molecule has 2 aliphatic rings. The number of amides is 1. The second-order valence-electron chi connectivity index (χ2n) is 9.54. The predicted octanol–water partition coefficient (Wildman–Crippen LogP) is 4.04. The molecule has 1 fully saturated rings. The maximum atomic E-state index is 12.7. The Morgan fingerprint density at radius 1 is 1.11 bits per heavy atom. The first kappa shape index (κ1) is 26.1. The molecule has 0 spiro atoms. The van der Waals surface area contributed by atoms with E-state index in [0.29, 0.717) is 19.4 Å². The first-order chi connectivity index (χ1) is 17.5. The number of nitrogens with zero attached hydrogens (tertiary/aromatic N) is 3. The van der Waals surface area contributed by atoms with E-state index in [9.17, 15) is 15.0 Å². The molecule has 0 saturated carbocycles. The summed E-state index contributed by atoms with van der Waals surface area (Å²) in [6.07, 6.45) is 5.54. The standard InChI is InChI=1S/C29H38N4O3/c1-3-13-32(16-6-17-34)29(36)25-18-24-12-11-23(19-26(24)31-27(20-25)30-2)21-7-9-22(10-8-21)28(35)33-14-4-5-15-33/h7-12,18-19,29,34,36H,3-6,13-17,20H2,1-2H3,(H,30,31). The van der Waals surface area contributed by atoms with Gasteiger partial charge in [0.05, 0.1) is 5.69 Å². The van der Waals surface area contributed by atoms with Gasteiger partial charge in [-0.2, -0.15) is 0 Å². The van der Waals surface area contributed by atoms with Crippen LogP contribution in [0.2, 0.25) is 0 Å². The second kappa shape index (κ2) is 12.3. The third-order valence-electron chi connectivity index (χ3n) is 6.94. The highest BCUT2D eigenvalue weighted by molar-refractivity contribution is 5.95. The lowest BCUT2D eigenvalue weighted by atomic mass is 9.99. The van der Waals surface area contributed by atoms with Crippen LogP contribution in [-0.4, -0.2) is 77.8 Å². The first-order valence-electron chi connectivity index (χ1n) is 13.1. The van der Waals surface area contributed by atoms with Crippen LogP contribution in [-0.2, 0) is 0 Å². The summed E-state index contributed by atoms with van der Waals surface area (Å²) in [6.45, 7) is 5.28. The number of carbonyl (C=O) groups is 1. The van der Waals surface area contributed by atoms with E-state index in [-0.39, 0.29) is 12.5 Å². The molecule has 1 atom stereocenters. The second-order valence-corrected chi connectivity index (χ2v) is 9.54. The number of aliphatic hydroxyl groups excluding tert-OH is 2. The summed E-state index contributed by atoms with van der Waals surface area (Å²) in [5.74, 6) is 0.901. The van der Waals surface area contributed by atoms with Crippen molar-refractivity contribution in [3.8, 4) is 11.1 Å². The van der Waals surface area contributed by atoms with E-state index in [1.165, 1.54) is 0 Å². The highest BCUT2D eigenvalue weighted by atomic mass is 16.3. The molecule has 7 heteroatoms. The van der Waals surface area contributed by atoms with Gasteiger partial charge in [-0.05, 0) is 66.7 Å². The Hall–Kier alpha value is -3.00. The molecule has 1 unspecified atom stereocenters. The maximum Gasteiger partial charge on any atom is 0.253 e. The van der Waals surface area contributed by atoms with Crippen molar-refractivity contribution in [2.45, 2.75) is 45.3 Å². The Kier molecular flexibility index (Phi) is 8.91. The quantitative estimate of drug-likeness (QED) is 0.462. The van der Waals surface area contributed by atoms with Gasteiger partial charge in [0.1, 0.15) is 12.1 Å². The summed E-state index contributed by atoms with van der Waals surface area (Å²) in [4.78, 5) is 21.5. The molecular formula is C29H38N4O3. The fourth-order valence-electron chi connectivity index (χ4n) is 4.94. The number of amidine groups is 1. The largest absolute Gasteiger partial charge is 0.396 e. The van der Waals surface area contributed by atoms with Gasteiger partial charge in [0.2, 0.25) is 0 Å². The molecule has 3 N–H and O–H groups in total. The van der Waals surface area contributed by atoms with Gasteiger partial charge in [-0.15, -0.1) is 0 Å². The van der Waals surface area contributed by atoms with Gasteiger partial charge >= 0.3 is 0 Å². The number of aliphatic hydroxyl groups is 2. The zero-order valence-corrected chi connectivity index (χ0v) is 21.4. The van der Waals surface area contributed by atoms with Gasteiger partial charge < -0.3 is 20.4 Å². The Morgan fingerprint density at radius 2 is 1.83 bits per heavy atom. The van der Waals surface area contributed by atoms with Crippen LogP contribution in [0.5, 0.6) is 0 Å². The Labute approximate surface area is 214 Å². The summed E-state index contributed by atoms with van der Waals surface area (Å²) in [5.41, 5.74) is 5.46. The molecule has 192 valence electrons. The molecule has 0 bridgehead atoms. The number of hydrogen-bond donors (Lipinski definition) is 3. The van der Waals surface area contributed by atoms with Gasteiger partial charge in [0, 0.05) is 57.4 Å². The van der Waals surface area contributed by atoms with Crippen molar-refractivity contribution in [2.75, 3.05) is 39.8 Å². The van der Waals surface area contributed by atoms with Crippen molar-refractivity contribution < 1.29 is 15.0 Å². The molecular weight excluding hydrogens is 452 g/mol. The van der Waals surface area contributed by atoms with Crippen LogP contribution in [0.4, 0.5) is 5.69 Å². The number of carbonyl (C=O) groups excluding carboxylic acids is 1. The average Bonchev–Trinajstić information content (AvgIpc) is 3.38. The third kappa shape index (κ3) is 6.03. The van der Waals surface area contributed by atoms with Crippen LogP contribution in [0.3, 0.4) is 0 Å². The molecule has 4 rings (SSSR count). The summed E-state index contributed by atoms with van der Waals surface area (Å²) in [7, 11) is 1.85. The Morgan fingerprint density at radius 3 is 2.50 bits per heavy atom. The first-order valence-corrected chi connectivity index (χ1v) is 13.1. The van der Waals surface area contributed by atoms with Crippen LogP contribution in [0.25, 0.3) is 17.2 Å². The molecule has 0 aromatic heterocycles. The average molecular weight is 491 g/mol. The smallest absolute Gasteiger partial charge is 0.253 e. The minimum atomic E-state index is -0.735. The fourth-order valence-corrected chi connectivity index (χ4v) is 4.94. The molecule has 2 aliphatic heterocycles. The van der Waals surface area contributed by atoms with Crippen molar-refractivity contribution in [2.24, 2.45) is 4.99 Å². The van der Waals surface area contributed by atoms with Crippen LogP contribution in [0, 0.1) is 0 Å². The number of hydrogen-bond acceptors (Lipinski definition) is 6. The highest BCUT2D eigenvalue weighted by Gasteiger charge is 2.23. The molecule has 1 amide bonds. The number of nitrogens with one attached hydrogen (secondary N) is 1. The summed E-state index contributed by atoms with van der Waals surface area (Å²) < 4.78 is 0. The van der Waals surface area contributed by atoms with Crippen LogP contribution >= 0.6 is 0 Å². The van der Waals surface area contributed by atoms with Crippen LogP contribution < -0.4 is 5.32 Å². The Bertz CT molecular complexity index is 1100. The number of fused-ring (bicyclic) bond motifs is 1. The van der Waals surface area contributed by atoms with Gasteiger partial charge in [0.15, 0.2) is 0 Å². The number of aliphatic imine (C=N–C) groups is 1. The topological polar surface area (TPSA) is 88.4 Å². The Balaban J connectivity index is 1.59. The zero-order chi connectivity index (χ0) is 25.5. The molecule has 7 nitrogen and oxygen atoms in total. The van der Waals surface area contributed by atoms with Crippen molar-refractivity contribution in [3.05, 3.63) is 59.2 Å². The predicted molar refractivity (Wildman–Crippen MR) is 145 cm³/mol. The summed E-state index contributed by atoms with van der Waals surface area (Å²) >= 11 is 0. The lowest BCUT2D eigenvalue weighted by Gasteiger charge is -2.29. The molecule has 2 aromatic carbocycles. The van der Waals surface area contributed by atoms with Crippen LogP contribution in [0.1, 0.15) is 54.9 Å². The molecule has 2 heterocycles. The van der Waals surface area contributed by atoms with Crippen molar-refractivity contribution in [1.82, 2.24) is 15.1 Å². The van der Waals surface area contributed by atoms with Crippen molar-refractivity contribution >= 4 is 23.5 Å². The number of likely N-dealkylation sites (tertiary alicyclic amines) is 1. The van der Waals surface area contributed by atoms with E-state index in [1.54, 1.807) is 0 Å². The van der Waals surface area contributed by atoms with E-state index in [4.69, 9.17) is 4.99 Å². The number of benzene rings is 2. The lowest BCUT2D eigenvalue weighted by Crippen LogP contribution is -2.39. The normalized spacial score (nSPS) is 16.3. The van der Waals surface area contributed by atoms with Gasteiger partial charge in [0.25, 0.3) is 5.91 Å². The molecule has 0 radical (unpaired) electrons. The monoisotopic (exact) mass is 490 g/mol. The molecule has 1 saturated heterocycles. The van der Waals surface area contributed by atoms with Gasteiger partial charge in [-0.3, -0.25) is 9.69 Å². The van der Waals surface area contributed by atoms with Crippen molar-refractivity contribution in [1.29, 1.82) is 0 Å². The summed E-state index contributed by atoms with van der Waals surface area (Å²) in [5, 5.41) is 23.7. The SMILES string of the molecule is CCCN(CCCO)C(O)C1=Cc2ccc(-c3ccc(C(=O)N4CCCC4)cc3)cc2N=C(NC)C1. The third-order valence-corrected chi connectivity index (χ3v) is 6.94. The summed E-state index contributed by atoms with van der Waals surface area (Å²) in [6, 6.07) is 14.0. The van der Waals surface area contributed by atoms with Gasteiger partial charge in [-0.25, -0.2) is 4.99 Å². The zero-order valence-electron chi connectivity index (χ0n) is 21.4. The maximum absolute atomic E-state index is 12.7. The van der Waals surface area contributed by atoms with Gasteiger partial charge in [-0.1, -0.05) is 31.2 Å². The lowest BCUT2D eigenvalue weighted by molar-refractivity contribution is 0.0283. The fraction of sp³-hybridized carbons (Fsp3) is 0.448. The molecule has 0 aliphatic carbocycles. The number of rotatable bonds is 9. The minimum Gasteiger partial charge on any atom is -0.396 e. The van der Waals surface area contributed by atoms with E-state index < -0.39 is 6.23 Å². The van der Waals surface area contributed by atoms with E-state index >= 15 is 0 Å². The van der Waals surface area contributed by atoms with E-state index in [1.807, 2.05) is 53.3 Å². The van der Waals surface area contributed by atoms with E-state index in [0.717, 1.165) is 78.2 Å². The van der Waals surface area contributed by atoms with Crippen molar-refractivity contribution in [3.63, 3.8) is 0 Å². The van der Waals surface area contributed by atoms with Crippen LogP contribution in [0.15, 0.2) is 53.0 Å². The highest BCUT2D eigenvalue weighted by Crippen LogP contribution is 2.33. The molecule has 36 heavy (non-hydrogen) atoms. The minimum absolute atomic E-state index is 0.105. The molecule has 2 aromatic rings. The van der Waals surface area contributed by atoms with E-state index in [2.05, 4.69) is 24.4 Å².